The van der Waals surface area contributed by atoms with E-state index in [1.165, 1.54) is 0 Å². The minimum absolute atomic E-state index is 0.602. The monoisotopic (exact) mass is 146 g/mol. The normalized spacial score (nSPS) is 13.1. The van der Waals surface area contributed by atoms with Gasteiger partial charge in [0, 0.05) is 5.25 Å². The minimum atomic E-state index is 0.602. The highest BCUT2D eigenvalue weighted by molar-refractivity contribution is 7.99. The van der Waals surface area contributed by atoms with E-state index in [1.54, 1.807) is 6.08 Å². The number of rotatable bonds is 5. The van der Waals surface area contributed by atoms with Crippen molar-refractivity contribution in [1.82, 2.24) is 0 Å². The summed E-state index contributed by atoms with van der Waals surface area (Å²) >= 11 is 1.82. The maximum Gasteiger partial charge on any atom is 0.0645 e. The number of hydrogen-bond donors (Lipinski definition) is 0. The van der Waals surface area contributed by atoms with Crippen LogP contribution in [0.5, 0.6) is 0 Å². The summed E-state index contributed by atoms with van der Waals surface area (Å²) in [5.74, 6) is 0. The molecule has 1 nitrogen and oxygen atoms in total. The van der Waals surface area contributed by atoms with Crippen LogP contribution in [0.1, 0.15) is 6.92 Å². The van der Waals surface area contributed by atoms with Gasteiger partial charge in [0.2, 0.25) is 0 Å². The highest BCUT2D eigenvalue weighted by atomic mass is 32.2. The van der Waals surface area contributed by atoms with Gasteiger partial charge in [0.1, 0.15) is 0 Å². The van der Waals surface area contributed by atoms with E-state index in [1.807, 2.05) is 11.8 Å². The molecule has 0 spiro atoms. The van der Waals surface area contributed by atoms with E-state index < -0.39 is 0 Å². The van der Waals surface area contributed by atoms with E-state index in [0.29, 0.717) is 11.9 Å². The van der Waals surface area contributed by atoms with Crippen LogP contribution in [0.15, 0.2) is 12.7 Å². The highest BCUT2D eigenvalue weighted by Gasteiger charge is 1.95. The van der Waals surface area contributed by atoms with Gasteiger partial charge >= 0.3 is 0 Å². The van der Waals surface area contributed by atoms with Crippen LogP contribution in [0.3, 0.4) is 0 Å². The first-order valence-electron chi connectivity index (χ1n) is 3.02. The second-order valence-electron chi connectivity index (χ2n) is 1.87. The van der Waals surface area contributed by atoms with Crippen molar-refractivity contribution in [2.45, 2.75) is 12.2 Å². The topological polar surface area (TPSA) is 9.23 Å². The third-order valence-corrected chi connectivity index (χ3v) is 1.93. The maximum absolute atomic E-state index is 5.20. The Morgan fingerprint density at radius 3 is 2.89 bits per heavy atom. The van der Waals surface area contributed by atoms with Gasteiger partial charge in [0.15, 0.2) is 0 Å². The van der Waals surface area contributed by atoms with Gasteiger partial charge in [-0.1, -0.05) is 13.0 Å². The Hall–Kier alpha value is 0.0500. The summed E-state index contributed by atoms with van der Waals surface area (Å²) in [5.41, 5.74) is 0. The summed E-state index contributed by atoms with van der Waals surface area (Å²) < 4.78 is 5.20. The van der Waals surface area contributed by atoms with Crippen LogP contribution < -0.4 is 0 Å². The summed E-state index contributed by atoms with van der Waals surface area (Å²) in [4.78, 5) is 0. The van der Waals surface area contributed by atoms with E-state index >= 15 is 0 Å². The van der Waals surface area contributed by atoms with Gasteiger partial charge in [-0.05, 0) is 6.26 Å². The fraction of sp³-hybridized carbons (Fsp3) is 0.714. The minimum Gasteiger partial charge on any atom is -0.376 e. The Kier molecular flexibility index (Phi) is 6.21. The molecule has 1 atom stereocenters. The van der Waals surface area contributed by atoms with Crippen LogP contribution in [-0.4, -0.2) is 24.7 Å². The van der Waals surface area contributed by atoms with Gasteiger partial charge in [-0.15, -0.1) is 6.58 Å². The second-order valence-corrected chi connectivity index (χ2v) is 3.15. The average Bonchev–Trinajstić information content (AvgIpc) is 1.89. The van der Waals surface area contributed by atoms with Crippen molar-refractivity contribution in [3.63, 3.8) is 0 Å². The zero-order chi connectivity index (χ0) is 7.11. The van der Waals surface area contributed by atoms with Crippen molar-refractivity contribution >= 4 is 11.8 Å². The van der Waals surface area contributed by atoms with Gasteiger partial charge in [-0.3, -0.25) is 0 Å². The quantitative estimate of drug-likeness (QED) is 0.433. The summed E-state index contributed by atoms with van der Waals surface area (Å²) in [7, 11) is 0. The molecule has 0 aromatic heterocycles. The molecule has 0 aliphatic heterocycles. The van der Waals surface area contributed by atoms with E-state index in [-0.39, 0.29) is 0 Å². The molecule has 0 aromatic carbocycles. The van der Waals surface area contributed by atoms with Gasteiger partial charge in [0.25, 0.3) is 0 Å². The SMILES string of the molecule is C=CCOCC(C)SC. The smallest absolute Gasteiger partial charge is 0.0645 e. The molecule has 9 heavy (non-hydrogen) atoms. The van der Waals surface area contributed by atoms with Crippen molar-refractivity contribution in [2.24, 2.45) is 0 Å². The van der Waals surface area contributed by atoms with Crippen LogP contribution in [0, 0.1) is 0 Å². The molecule has 54 valence electrons. The summed E-state index contributed by atoms with van der Waals surface area (Å²) in [5, 5.41) is 0.602. The molecule has 0 N–H and O–H groups in total. The molecule has 0 bridgehead atoms. The predicted molar refractivity (Wildman–Crippen MR) is 44.0 cm³/mol. The summed E-state index contributed by atoms with van der Waals surface area (Å²) in [6.45, 7) is 7.20. The molecule has 0 amide bonds. The largest absolute Gasteiger partial charge is 0.376 e. The van der Waals surface area contributed by atoms with Crippen LogP contribution in [-0.2, 0) is 4.74 Å². The number of hydrogen-bond acceptors (Lipinski definition) is 2. The molecule has 0 saturated carbocycles. The average molecular weight is 146 g/mol. The van der Waals surface area contributed by atoms with Gasteiger partial charge in [0.05, 0.1) is 13.2 Å². The van der Waals surface area contributed by atoms with Crippen LogP contribution in [0.25, 0.3) is 0 Å². The second kappa shape index (κ2) is 6.17. The molecule has 0 radical (unpaired) electrons. The van der Waals surface area contributed by atoms with Crippen molar-refractivity contribution in [3.05, 3.63) is 12.7 Å². The Morgan fingerprint density at radius 2 is 2.44 bits per heavy atom. The van der Waals surface area contributed by atoms with Crippen LogP contribution in [0.2, 0.25) is 0 Å². The molecule has 0 rings (SSSR count). The molecule has 0 aliphatic carbocycles. The van der Waals surface area contributed by atoms with E-state index in [9.17, 15) is 0 Å². The molecular formula is C7H14OS. The highest BCUT2D eigenvalue weighted by Crippen LogP contribution is 2.04. The summed E-state index contributed by atoms with van der Waals surface area (Å²) in [6.07, 6.45) is 3.86. The fourth-order valence-electron chi connectivity index (χ4n) is 0.385. The molecule has 0 fully saturated rings. The van der Waals surface area contributed by atoms with E-state index in [0.717, 1.165) is 6.61 Å². The third-order valence-electron chi connectivity index (χ3n) is 0.991. The molecular weight excluding hydrogens is 132 g/mol. The molecule has 0 aliphatic rings. The zero-order valence-electron chi connectivity index (χ0n) is 6.09. The zero-order valence-corrected chi connectivity index (χ0v) is 6.91. The lowest BCUT2D eigenvalue weighted by atomic mass is 10.5. The predicted octanol–water partition coefficient (Wildman–Crippen LogP) is 1.94. The molecule has 0 saturated heterocycles. The van der Waals surface area contributed by atoms with Gasteiger partial charge in [-0.2, -0.15) is 11.8 Å². The first-order chi connectivity index (χ1) is 4.31. The van der Waals surface area contributed by atoms with E-state index in [4.69, 9.17) is 4.74 Å². The molecule has 0 heterocycles. The first-order valence-corrected chi connectivity index (χ1v) is 4.31. The molecule has 0 aromatic rings. The van der Waals surface area contributed by atoms with Crippen molar-refractivity contribution < 1.29 is 4.74 Å². The number of thioether (sulfide) groups is 1. The first kappa shape index (κ1) is 9.05. The van der Waals surface area contributed by atoms with Crippen LogP contribution >= 0.6 is 11.8 Å². The van der Waals surface area contributed by atoms with Crippen molar-refractivity contribution in [2.75, 3.05) is 19.5 Å². The number of ether oxygens (including phenoxy) is 1. The lowest BCUT2D eigenvalue weighted by Crippen LogP contribution is -2.06. The summed E-state index contributed by atoms with van der Waals surface area (Å²) in [6, 6.07) is 0. The van der Waals surface area contributed by atoms with Gasteiger partial charge < -0.3 is 4.74 Å². The molecule has 1 unspecified atom stereocenters. The molecule has 2 heteroatoms. The Balaban J connectivity index is 2.96. The van der Waals surface area contributed by atoms with Crippen molar-refractivity contribution in [3.8, 4) is 0 Å². The standard InChI is InChI=1S/C7H14OS/c1-4-5-8-6-7(2)9-3/h4,7H,1,5-6H2,2-3H3. The van der Waals surface area contributed by atoms with Crippen molar-refractivity contribution in [1.29, 1.82) is 0 Å². The van der Waals surface area contributed by atoms with E-state index in [2.05, 4.69) is 19.8 Å². The Bertz CT molecular complexity index is 73.3. The fourth-order valence-corrected chi connectivity index (χ4v) is 0.618. The Labute approximate surface area is 61.5 Å². The lowest BCUT2D eigenvalue weighted by molar-refractivity contribution is 0.166. The Morgan fingerprint density at radius 1 is 1.78 bits per heavy atom. The third kappa shape index (κ3) is 5.93. The lowest BCUT2D eigenvalue weighted by Gasteiger charge is -2.06. The maximum atomic E-state index is 5.20. The van der Waals surface area contributed by atoms with Gasteiger partial charge in [-0.25, -0.2) is 0 Å². The van der Waals surface area contributed by atoms with Crippen LogP contribution in [0.4, 0.5) is 0 Å².